The first kappa shape index (κ1) is 15.9. The van der Waals surface area contributed by atoms with E-state index in [0.717, 1.165) is 25.2 Å². The maximum atomic E-state index is 11.8. The Kier molecular flexibility index (Phi) is 6.10. The molecule has 2 rings (SSSR count). The van der Waals surface area contributed by atoms with Gasteiger partial charge < -0.3 is 20.5 Å². The van der Waals surface area contributed by atoms with Gasteiger partial charge in [-0.2, -0.15) is 0 Å². The first-order valence-electron chi connectivity index (χ1n) is 7.00. The maximum absolute atomic E-state index is 11.8. The van der Waals surface area contributed by atoms with Gasteiger partial charge in [0, 0.05) is 23.8 Å². The SMILES string of the molecule is NC(=S)c1cccc(NC(=O)CCOCC2CCOC2)c1. The van der Waals surface area contributed by atoms with Gasteiger partial charge in [0.15, 0.2) is 0 Å². The summed E-state index contributed by atoms with van der Waals surface area (Å²) in [4.78, 5) is 12.1. The van der Waals surface area contributed by atoms with Crippen molar-refractivity contribution in [1.29, 1.82) is 0 Å². The Balaban J connectivity index is 1.69. The van der Waals surface area contributed by atoms with Crippen LogP contribution in [0.3, 0.4) is 0 Å². The lowest BCUT2D eigenvalue weighted by molar-refractivity contribution is -0.117. The summed E-state index contributed by atoms with van der Waals surface area (Å²) in [6, 6.07) is 7.18. The summed E-state index contributed by atoms with van der Waals surface area (Å²) in [5, 5.41) is 2.81. The zero-order chi connectivity index (χ0) is 15.1. The van der Waals surface area contributed by atoms with Crippen molar-refractivity contribution in [2.24, 2.45) is 11.7 Å². The van der Waals surface area contributed by atoms with Crippen molar-refractivity contribution < 1.29 is 14.3 Å². The molecule has 1 fully saturated rings. The van der Waals surface area contributed by atoms with Gasteiger partial charge in [-0.3, -0.25) is 4.79 Å². The van der Waals surface area contributed by atoms with Crippen LogP contribution in [0.1, 0.15) is 18.4 Å². The van der Waals surface area contributed by atoms with Crippen molar-refractivity contribution >= 4 is 28.8 Å². The summed E-state index contributed by atoms with van der Waals surface area (Å²) >= 11 is 4.91. The van der Waals surface area contributed by atoms with Crippen LogP contribution in [0.15, 0.2) is 24.3 Å². The average molecular weight is 308 g/mol. The van der Waals surface area contributed by atoms with Gasteiger partial charge in [0.1, 0.15) is 4.99 Å². The van der Waals surface area contributed by atoms with E-state index in [1.165, 1.54) is 0 Å². The molecular formula is C15H20N2O3S. The Morgan fingerprint density at radius 3 is 3.10 bits per heavy atom. The number of thiocarbonyl (C=S) groups is 1. The molecule has 0 aliphatic carbocycles. The number of amides is 1. The zero-order valence-corrected chi connectivity index (χ0v) is 12.7. The molecule has 1 saturated heterocycles. The Hall–Kier alpha value is -1.50. The number of hydrogen-bond donors (Lipinski definition) is 2. The van der Waals surface area contributed by atoms with Crippen LogP contribution < -0.4 is 11.1 Å². The molecule has 3 N–H and O–H groups in total. The van der Waals surface area contributed by atoms with Gasteiger partial charge in [-0.05, 0) is 18.6 Å². The summed E-state index contributed by atoms with van der Waals surface area (Å²) in [5.41, 5.74) is 6.99. The van der Waals surface area contributed by atoms with Gasteiger partial charge in [0.2, 0.25) is 5.91 Å². The fourth-order valence-corrected chi connectivity index (χ4v) is 2.23. The van der Waals surface area contributed by atoms with Crippen LogP contribution in [0.2, 0.25) is 0 Å². The van der Waals surface area contributed by atoms with Crippen molar-refractivity contribution in [2.45, 2.75) is 12.8 Å². The first-order valence-corrected chi connectivity index (χ1v) is 7.41. The second-order valence-electron chi connectivity index (χ2n) is 5.05. The summed E-state index contributed by atoms with van der Waals surface area (Å²) in [7, 11) is 0. The van der Waals surface area contributed by atoms with Crippen LogP contribution in [0.5, 0.6) is 0 Å². The molecule has 21 heavy (non-hydrogen) atoms. The standard InChI is InChI=1S/C15H20N2O3S/c16-15(21)12-2-1-3-13(8-12)17-14(18)5-7-20-10-11-4-6-19-9-11/h1-3,8,11H,4-7,9-10H2,(H2,16,21)(H,17,18). The molecule has 0 saturated carbocycles. The summed E-state index contributed by atoms with van der Waals surface area (Å²) < 4.78 is 10.8. The topological polar surface area (TPSA) is 73.6 Å². The van der Waals surface area contributed by atoms with Crippen molar-refractivity contribution in [2.75, 3.05) is 31.7 Å². The van der Waals surface area contributed by atoms with Crippen molar-refractivity contribution in [3.05, 3.63) is 29.8 Å². The van der Waals surface area contributed by atoms with E-state index in [1.807, 2.05) is 6.07 Å². The molecule has 1 aliphatic rings. The Bertz CT molecular complexity index is 501. The van der Waals surface area contributed by atoms with Gasteiger partial charge in [0.05, 0.1) is 26.2 Å². The van der Waals surface area contributed by atoms with E-state index in [4.69, 9.17) is 27.4 Å². The molecule has 1 unspecified atom stereocenters. The predicted molar refractivity (Wildman–Crippen MR) is 85.3 cm³/mol. The number of anilines is 1. The lowest BCUT2D eigenvalue weighted by Gasteiger charge is -2.09. The minimum absolute atomic E-state index is 0.0854. The van der Waals surface area contributed by atoms with Crippen LogP contribution in [0.4, 0.5) is 5.69 Å². The zero-order valence-electron chi connectivity index (χ0n) is 11.8. The molecule has 5 nitrogen and oxygen atoms in total. The number of nitrogens with one attached hydrogen (secondary N) is 1. The molecule has 1 heterocycles. The molecule has 1 aromatic rings. The molecule has 114 valence electrons. The van der Waals surface area contributed by atoms with E-state index in [1.54, 1.807) is 18.2 Å². The number of hydrogen-bond acceptors (Lipinski definition) is 4. The summed E-state index contributed by atoms with van der Waals surface area (Å²) in [6.45, 7) is 2.65. The first-order chi connectivity index (χ1) is 10.1. The van der Waals surface area contributed by atoms with E-state index in [9.17, 15) is 4.79 Å². The molecule has 0 spiro atoms. The highest BCUT2D eigenvalue weighted by molar-refractivity contribution is 7.80. The fourth-order valence-electron chi connectivity index (χ4n) is 2.10. The number of carbonyl (C=O) groups excluding carboxylic acids is 1. The van der Waals surface area contributed by atoms with Crippen molar-refractivity contribution in [1.82, 2.24) is 0 Å². The van der Waals surface area contributed by atoms with Crippen LogP contribution in [-0.2, 0) is 14.3 Å². The predicted octanol–water partition coefficient (Wildman–Crippen LogP) is 1.70. The minimum Gasteiger partial charge on any atom is -0.389 e. The Morgan fingerprint density at radius 2 is 2.38 bits per heavy atom. The Morgan fingerprint density at radius 1 is 1.52 bits per heavy atom. The van der Waals surface area contributed by atoms with E-state index in [-0.39, 0.29) is 5.91 Å². The van der Waals surface area contributed by atoms with Crippen LogP contribution in [0, 0.1) is 5.92 Å². The van der Waals surface area contributed by atoms with Crippen LogP contribution in [-0.4, -0.2) is 37.3 Å². The number of carbonyl (C=O) groups is 1. The summed E-state index contributed by atoms with van der Waals surface area (Å²) in [6.07, 6.45) is 1.36. The lowest BCUT2D eigenvalue weighted by Crippen LogP contribution is -2.17. The van der Waals surface area contributed by atoms with Gasteiger partial charge in [-0.15, -0.1) is 0 Å². The molecular weight excluding hydrogens is 288 g/mol. The third kappa shape index (κ3) is 5.41. The van der Waals surface area contributed by atoms with Crippen LogP contribution >= 0.6 is 12.2 Å². The van der Waals surface area contributed by atoms with Crippen LogP contribution in [0.25, 0.3) is 0 Å². The second-order valence-corrected chi connectivity index (χ2v) is 5.49. The highest BCUT2D eigenvalue weighted by atomic mass is 32.1. The van der Waals surface area contributed by atoms with E-state index in [2.05, 4.69) is 5.32 Å². The molecule has 1 atom stereocenters. The molecule has 6 heteroatoms. The molecule has 1 aliphatic heterocycles. The fraction of sp³-hybridized carbons (Fsp3) is 0.467. The number of benzene rings is 1. The molecule has 1 amide bonds. The third-order valence-electron chi connectivity index (χ3n) is 3.28. The van der Waals surface area contributed by atoms with E-state index in [0.29, 0.717) is 36.2 Å². The van der Waals surface area contributed by atoms with E-state index >= 15 is 0 Å². The largest absolute Gasteiger partial charge is 0.389 e. The van der Waals surface area contributed by atoms with Gasteiger partial charge >= 0.3 is 0 Å². The van der Waals surface area contributed by atoms with E-state index < -0.39 is 0 Å². The molecule has 0 bridgehead atoms. The molecule has 0 aromatic heterocycles. The average Bonchev–Trinajstić information content (AvgIpc) is 2.97. The quantitative estimate of drug-likeness (QED) is 0.592. The smallest absolute Gasteiger partial charge is 0.226 e. The normalized spacial score (nSPS) is 17.6. The Labute approximate surface area is 129 Å². The van der Waals surface area contributed by atoms with Gasteiger partial charge in [-0.1, -0.05) is 24.4 Å². The lowest BCUT2D eigenvalue weighted by atomic mass is 10.1. The molecule has 1 aromatic carbocycles. The number of ether oxygens (including phenoxy) is 2. The highest BCUT2D eigenvalue weighted by Gasteiger charge is 2.15. The monoisotopic (exact) mass is 308 g/mol. The highest BCUT2D eigenvalue weighted by Crippen LogP contribution is 2.13. The number of nitrogens with two attached hydrogens (primary N) is 1. The van der Waals surface area contributed by atoms with Crippen molar-refractivity contribution in [3.8, 4) is 0 Å². The summed E-state index contributed by atoms with van der Waals surface area (Å²) in [5.74, 6) is 0.382. The number of rotatable bonds is 7. The molecule has 0 radical (unpaired) electrons. The van der Waals surface area contributed by atoms with Crippen molar-refractivity contribution in [3.63, 3.8) is 0 Å². The maximum Gasteiger partial charge on any atom is 0.226 e. The van der Waals surface area contributed by atoms with Gasteiger partial charge in [-0.25, -0.2) is 0 Å². The third-order valence-corrected chi connectivity index (χ3v) is 3.52. The second kappa shape index (κ2) is 8.07. The van der Waals surface area contributed by atoms with Gasteiger partial charge in [0.25, 0.3) is 0 Å². The minimum atomic E-state index is -0.0854.